The zero-order chi connectivity index (χ0) is 14.1. The van der Waals surface area contributed by atoms with E-state index in [1.54, 1.807) is 7.11 Å². The minimum atomic E-state index is 0.503. The van der Waals surface area contributed by atoms with Crippen molar-refractivity contribution >= 4 is 11.6 Å². The molecule has 0 radical (unpaired) electrons. The Morgan fingerprint density at radius 3 is 2.79 bits per heavy atom. The Hall–Kier alpha value is -1.37. The molecule has 0 amide bonds. The monoisotopic (exact) mass is 281 g/mol. The molecule has 19 heavy (non-hydrogen) atoms. The zero-order valence-corrected chi connectivity index (χ0v) is 12.4. The lowest BCUT2D eigenvalue weighted by molar-refractivity contribution is 0.301. The number of hydrogen-bond donors (Lipinski definition) is 1. The fourth-order valence-electron chi connectivity index (χ4n) is 1.61. The SMILES string of the molecule is CC#CCCOc1c(Cl)cc(CNCC)cc1OC. The van der Waals surface area contributed by atoms with E-state index in [9.17, 15) is 0 Å². The van der Waals surface area contributed by atoms with Crippen molar-refractivity contribution in [2.45, 2.75) is 26.8 Å². The van der Waals surface area contributed by atoms with Gasteiger partial charge in [0.25, 0.3) is 0 Å². The number of nitrogens with one attached hydrogen (secondary N) is 1. The van der Waals surface area contributed by atoms with E-state index < -0.39 is 0 Å². The number of ether oxygens (including phenoxy) is 2. The predicted octanol–water partition coefficient (Wildman–Crippen LogP) is 3.25. The van der Waals surface area contributed by atoms with E-state index in [1.807, 2.05) is 19.1 Å². The number of rotatable bonds is 7. The molecule has 0 aromatic heterocycles. The lowest BCUT2D eigenvalue weighted by Gasteiger charge is -2.13. The summed E-state index contributed by atoms with van der Waals surface area (Å²) in [6, 6.07) is 3.84. The summed E-state index contributed by atoms with van der Waals surface area (Å²) in [5.74, 6) is 7.02. The number of halogens is 1. The average Bonchev–Trinajstić information content (AvgIpc) is 2.42. The summed E-state index contributed by atoms with van der Waals surface area (Å²) < 4.78 is 11.0. The molecular formula is C15H20ClNO2. The molecule has 104 valence electrons. The highest BCUT2D eigenvalue weighted by Gasteiger charge is 2.11. The van der Waals surface area contributed by atoms with Crippen LogP contribution in [0.25, 0.3) is 0 Å². The molecule has 0 saturated carbocycles. The summed E-state index contributed by atoms with van der Waals surface area (Å²) >= 11 is 6.24. The van der Waals surface area contributed by atoms with E-state index in [-0.39, 0.29) is 0 Å². The Labute approximate surface area is 120 Å². The lowest BCUT2D eigenvalue weighted by atomic mass is 10.2. The highest BCUT2D eigenvalue weighted by atomic mass is 35.5. The van der Waals surface area contributed by atoms with Crippen molar-refractivity contribution < 1.29 is 9.47 Å². The summed E-state index contributed by atoms with van der Waals surface area (Å²) in [6.07, 6.45) is 0.676. The summed E-state index contributed by atoms with van der Waals surface area (Å²) in [5, 5.41) is 3.82. The second kappa shape index (κ2) is 8.68. The summed E-state index contributed by atoms with van der Waals surface area (Å²) in [7, 11) is 1.61. The molecule has 1 aromatic rings. The van der Waals surface area contributed by atoms with Crippen LogP contribution < -0.4 is 14.8 Å². The second-order valence-electron chi connectivity index (χ2n) is 3.91. The van der Waals surface area contributed by atoms with E-state index in [1.165, 1.54) is 0 Å². The van der Waals surface area contributed by atoms with Gasteiger partial charge in [-0.25, -0.2) is 0 Å². The Morgan fingerprint density at radius 2 is 2.16 bits per heavy atom. The van der Waals surface area contributed by atoms with Crippen LogP contribution in [0.4, 0.5) is 0 Å². The molecule has 0 heterocycles. The van der Waals surface area contributed by atoms with Gasteiger partial charge in [-0.2, -0.15) is 0 Å². The summed E-state index contributed by atoms with van der Waals surface area (Å²) in [6.45, 7) is 6.04. The first kappa shape index (κ1) is 15.7. The molecule has 3 nitrogen and oxygen atoms in total. The minimum absolute atomic E-state index is 0.503. The Morgan fingerprint density at radius 1 is 1.37 bits per heavy atom. The van der Waals surface area contributed by atoms with Crippen molar-refractivity contribution in [2.75, 3.05) is 20.3 Å². The quantitative estimate of drug-likeness (QED) is 0.615. The fourth-order valence-corrected chi connectivity index (χ4v) is 1.90. The molecule has 0 aliphatic rings. The lowest BCUT2D eigenvalue weighted by Crippen LogP contribution is -2.12. The van der Waals surface area contributed by atoms with Gasteiger partial charge in [0, 0.05) is 13.0 Å². The van der Waals surface area contributed by atoms with Gasteiger partial charge in [0.15, 0.2) is 11.5 Å². The van der Waals surface area contributed by atoms with Gasteiger partial charge in [-0.15, -0.1) is 11.8 Å². The third kappa shape index (κ3) is 5.02. The second-order valence-corrected chi connectivity index (χ2v) is 4.32. The van der Waals surface area contributed by atoms with Gasteiger partial charge in [-0.05, 0) is 31.2 Å². The van der Waals surface area contributed by atoms with E-state index >= 15 is 0 Å². The zero-order valence-electron chi connectivity index (χ0n) is 11.7. The van der Waals surface area contributed by atoms with Gasteiger partial charge < -0.3 is 14.8 Å². The molecule has 0 aliphatic carbocycles. The van der Waals surface area contributed by atoms with Crippen molar-refractivity contribution in [1.29, 1.82) is 0 Å². The highest BCUT2D eigenvalue weighted by Crippen LogP contribution is 2.36. The van der Waals surface area contributed by atoms with Crippen molar-refractivity contribution in [2.24, 2.45) is 0 Å². The third-order valence-corrected chi connectivity index (χ3v) is 2.80. The Kier molecular flexibility index (Phi) is 7.17. The number of benzene rings is 1. The highest BCUT2D eigenvalue weighted by molar-refractivity contribution is 6.32. The largest absolute Gasteiger partial charge is 0.493 e. The topological polar surface area (TPSA) is 30.5 Å². The van der Waals surface area contributed by atoms with Crippen LogP contribution in [-0.4, -0.2) is 20.3 Å². The molecule has 0 aliphatic heterocycles. The fraction of sp³-hybridized carbons (Fsp3) is 0.467. The van der Waals surface area contributed by atoms with Gasteiger partial charge >= 0.3 is 0 Å². The van der Waals surface area contributed by atoms with E-state index in [0.717, 1.165) is 18.7 Å². The van der Waals surface area contributed by atoms with Crippen LogP contribution in [0.1, 0.15) is 25.8 Å². The number of methoxy groups -OCH3 is 1. The van der Waals surface area contributed by atoms with Crippen LogP contribution >= 0.6 is 11.6 Å². The molecule has 0 saturated heterocycles. The van der Waals surface area contributed by atoms with Crippen molar-refractivity contribution in [3.63, 3.8) is 0 Å². The molecule has 0 spiro atoms. The van der Waals surface area contributed by atoms with Gasteiger partial charge in [-0.1, -0.05) is 18.5 Å². The minimum Gasteiger partial charge on any atom is -0.493 e. The van der Waals surface area contributed by atoms with Crippen LogP contribution in [0.2, 0.25) is 5.02 Å². The Bertz CT molecular complexity index is 463. The van der Waals surface area contributed by atoms with Crippen LogP contribution in [0, 0.1) is 11.8 Å². The normalized spacial score (nSPS) is 9.68. The Balaban J connectivity index is 2.81. The molecule has 1 aromatic carbocycles. The van der Waals surface area contributed by atoms with Gasteiger partial charge in [0.1, 0.15) is 0 Å². The molecule has 1 N–H and O–H groups in total. The predicted molar refractivity (Wildman–Crippen MR) is 78.9 cm³/mol. The smallest absolute Gasteiger partial charge is 0.179 e. The first-order chi connectivity index (χ1) is 9.22. The van der Waals surface area contributed by atoms with Crippen molar-refractivity contribution in [1.82, 2.24) is 5.32 Å². The molecule has 4 heteroatoms. The average molecular weight is 282 g/mol. The van der Waals surface area contributed by atoms with Crippen molar-refractivity contribution in [3.05, 3.63) is 22.7 Å². The summed E-state index contributed by atoms with van der Waals surface area (Å²) in [4.78, 5) is 0. The number of hydrogen-bond acceptors (Lipinski definition) is 3. The van der Waals surface area contributed by atoms with Crippen molar-refractivity contribution in [3.8, 4) is 23.3 Å². The van der Waals surface area contributed by atoms with E-state index in [2.05, 4.69) is 24.1 Å². The molecular weight excluding hydrogens is 262 g/mol. The molecule has 0 bridgehead atoms. The first-order valence-corrected chi connectivity index (χ1v) is 6.70. The van der Waals surface area contributed by atoms with E-state index in [4.69, 9.17) is 21.1 Å². The van der Waals surface area contributed by atoms with Crippen LogP contribution in [0.15, 0.2) is 12.1 Å². The first-order valence-electron chi connectivity index (χ1n) is 6.32. The summed E-state index contributed by atoms with van der Waals surface area (Å²) in [5.41, 5.74) is 1.07. The third-order valence-electron chi connectivity index (χ3n) is 2.52. The maximum absolute atomic E-state index is 6.24. The van der Waals surface area contributed by atoms with Gasteiger partial charge in [0.05, 0.1) is 18.7 Å². The van der Waals surface area contributed by atoms with E-state index in [0.29, 0.717) is 29.5 Å². The van der Waals surface area contributed by atoms with Crippen LogP contribution in [0.5, 0.6) is 11.5 Å². The van der Waals surface area contributed by atoms with Crippen LogP contribution in [0.3, 0.4) is 0 Å². The maximum atomic E-state index is 6.24. The standard InChI is InChI=1S/C15H20ClNO2/c1-4-6-7-8-19-15-13(16)9-12(11-17-5-2)10-14(15)18-3/h9-10,17H,5,7-8,11H2,1-3H3. The molecule has 0 atom stereocenters. The van der Waals surface area contributed by atoms with Crippen LogP contribution in [-0.2, 0) is 6.54 Å². The molecule has 1 rings (SSSR count). The van der Waals surface area contributed by atoms with Gasteiger partial charge in [0.2, 0.25) is 0 Å². The molecule has 0 fully saturated rings. The van der Waals surface area contributed by atoms with Gasteiger partial charge in [-0.3, -0.25) is 0 Å². The molecule has 0 unspecified atom stereocenters. The maximum Gasteiger partial charge on any atom is 0.179 e.